The van der Waals surface area contributed by atoms with Crippen LogP contribution >= 0.6 is 0 Å². The predicted octanol–water partition coefficient (Wildman–Crippen LogP) is 3.77. The van der Waals surface area contributed by atoms with Crippen LogP contribution < -0.4 is 15.4 Å². The van der Waals surface area contributed by atoms with Crippen LogP contribution in [0.3, 0.4) is 0 Å². The van der Waals surface area contributed by atoms with Crippen LogP contribution in [0.15, 0.2) is 48.5 Å². The highest BCUT2D eigenvalue weighted by atomic mass is 16.5. The normalized spacial score (nSPS) is 10.0. The lowest BCUT2D eigenvalue weighted by atomic mass is 10.2. The van der Waals surface area contributed by atoms with E-state index >= 15 is 0 Å². The van der Waals surface area contributed by atoms with Crippen LogP contribution in [0.2, 0.25) is 0 Å². The first-order chi connectivity index (χ1) is 10.2. The molecule has 0 aromatic heterocycles. The van der Waals surface area contributed by atoms with Crippen molar-refractivity contribution in [2.75, 3.05) is 24.3 Å². The maximum Gasteiger partial charge on any atom is 0.255 e. The summed E-state index contributed by atoms with van der Waals surface area (Å²) in [4.78, 5) is 12.2. The topological polar surface area (TPSA) is 50.4 Å². The van der Waals surface area contributed by atoms with Crippen LogP contribution in [0, 0.1) is 0 Å². The SMILES string of the molecule is CCCNc1ccc(NC(=O)c2cccc(OC)c2)cc1. The second kappa shape index (κ2) is 7.33. The maximum atomic E-state index is 12.2. The van der Waals surface area contributed by atoms with Gasteiger partial charge >= 0.3 is 0 Å². The molecule has 0 spiro atoms. The van der Waals surface area contributed by atoms with Crippen molar-refractivity contribution < 1.29 is 9.53 Å². The minimum atomic E-state index is -0.150. The number of nitrogens with one attached hydrogen (secondary N) is 2. The molecule has 110 valence electrons. The van der Waals surface area contributed by atoms with E-state index < -0.39 is 0 Å². The summed E-state index contributed by atoms with van der Waals surface area (Å²) < 4.78 is 5.12. The fourth-order valence-electron chi connectivity index (χ4n) is 1.91. The van der Waals surface area contributed by atoms with Crippen molar-refractivity contribution in [3.05, 3.63) is 54.1 Å². The Labute approximate surface area is 125 Å². The van der Waals surface area contributed by atoms with Gasteiger partial charge in [0.1, 0.15) is 5.75 Å². The number of amides is 1. The number of methoxy groups -OCH3 is 1. The Bertz CT molecular complexity index is 594. The van der Waals surface area contributed by atoms with Crippen LogP contribution in [0.4, 0.5) is 11.4 Å². The molecule has 0 heterocycles. The number of benzene rings is 2. The number of carbonyl (C=O) groups excluding carboxylic acids is 1. The van der Waals surface area contributed by atoms with Gasteiger partial charge < -0.3 is 15.4 Å². The standard InChI is InChI=1S/C17H20N2O2/c1-3-11-18-14-7-9-15(10-8-14)19-17(20)13-5-4-6-16(12-13)21-2/h4-10,12,18H,3,11H2,1-2H3,(H,19,20). The van der Waals surface area contributed by atoms with Crippen LogP contribution in [-0.2, 0) is 0 Å². The van der Waals surface area contributed by atoms with Crippen molar-refractivity contribution in [1.82, 2.24) is 0 Å². The summed E-state index contributed by atoms with van der Waals surface area (Å²) in [5.41, 5.74) is 2.39. The molecule has 0 atom stereocenters. The Balaban J connectivity index is 2.01. The van der Waals surface area contributed by atoms with E-state index in [-0.39, 0.29) is 5.91 Å². The van der Waals surface area contributed by atoms with Crippen molar-refractivity contribution in [3.8, 4) is 5.75 Å². The van der Waals surface area contributed by atoms with E-state index in [4.69, 9.17) is 4.74 Å². The van der Waals surface area contributed by atoms with E-state index in [9.17, 15) is 4.79 Å². The first kappa shape index (κ1) is 14.9. The Morgan fingerprint density at radius 2 is 1.81 bits per heavy atom. The quantitative estimate of drug-likeness (QED) is 0.849. The third-order valence-electron chi connectivity index (χ3n) is 3.05. The van der Waals surface area contributed by atoms with Gasteiger partial charge in [0, 0.05) is 23.5 Å². The van der Waals surface area contributed by atoms with Crippen molar-refractivity contribution in [2.45, 2.75) is 13.3 Å². The fourth-order valence-corrected chi connectivity index (χ4v) is 1.91. The lowest BCUT2D eigenvalue weighted by Crippen LogP contribution is -2.11. The molecule has 2 rings (SSSR count). The van der Waals surface area contributed by atoms with Crippen LogP contribution in [0.25, 0.3) is 0 Å². The van der Waals surface area contributed by atoms with Gasteiger partial charge in [0.15, 0.2) is 0 Å². The average Bonchev–Trinajstić information content (AvgIpc) is 2.54. The second-order valence-corrected chi connectivity index (χ2v) is 4.69. The van der Waals surface area contributed by atoms with Gasteiger partial charge in [-0.25, -0.2) is 0 Å². The van der Waals surface area contributed by atoms with Gasteiger partial charge in [-0.1, -0.05) is 13.0 Å². The molecule has 1 amide bonds. The minimum Gasteiger partial charge on any atom is -0.497 e. The molecule has 2 N–H and O–H groups in total. The largest absolute Gasteiger partial charge is 0.497 e. The van der Waals surface area contributed by atoms with E-state index in [0.29, 0.717) is 11.3 Å². The third-order valence-corrected chi connectivity index (χ3v) is 3.05. The highest BCUT2D eigenvalue weighted by Crippen LogP contribution is 2.17. The van der Waals surface area contributed by atoms with E-state index in [2.05, 4.69) is 17.6 Å². The minimum absolute atomic E-state index is 0.150. The Morgan fingerprint density at radius 1 is 1.10 bits per heavy atom. The van der Waals surface area contributed by atoms with Crippen molar-refractivity contribution in [2.24, 2.45) is 0 Å². The molecular formula is C17H20N2O2. The van der Waals surface area contributed by atoms with E-state index in [1.807, 2.05) is 30.3 Å². The van der Waals surface area contributed by atoms with Crippen LogP contribution in [-0.4, -0.2) is 19.6 Å². The average molecular weight is 284 g/mol. The summed E-state index contributed by atoms with van der Waals surface area (Å²) in [5, 5.41) is 6.16. The molecule has 0 radical (unpaired) electrons. The molecule has 4 nitrogen and oxygen atoms in total. The predicted molar refractivity (Wildman–Crippen MR) is 86.2 cm³/mol. The third kappa shape index (κ3) is 4.24. The zero-order valence-corrected chi connectivity index (χ0v) is 12.3. The lowest BCUT2D eigenvalue weighted by molar-refractivity contribution is 0.102. The fraction of sp³-hybridized carbons (Fsp3) is 0.235. The van der Waals surface area contributed by atoms with Gasteiger partial charge in [-0.3, -0.25) is 4.79 Å². The van der Waals surface area contributed by atoms with Crippen molar-refractivity contribution in [1.29, 1.82) is 0 Å². The van der Waals surface area contributed by atoms with Gasteiger partial charge in [-0.2, -0.15) is 0 Å². The molecule has 0 saturated heterocycles. The molecule has 2 aromatic carbocycles. The number of rotatable bonds is 6. The van der Waals surface area contributed by atoms with Gasteiger partial charge in [0.2, 0.25) is 0 Å². The zero-order chi connectivity index (χ0) is 15.1. The molecule has 0 saturated carbocycles. The molecule has 0 bridgehead atoms. The van der Waals surface area contributed by atoms with E-state index in [0.717, 1.165) is 24.3 Å². The van der Waals surface area contributed by atoms with Gasteiger partial charge in [-0.15, -0.1) is 0 Å². The molecule has 4 heteroatoms. The Kier molecular flexibility index (Phi) is 5.21. The monoisotopic (exact) mass is 284 g/mol. The van der Waals surface area contributed by atoms with E-state index in [1.54, 1.807) is 25.3 Å². The molecular weight excluding hydrogens is 264 g/mol. The smallest absolute Gasteiger partial charge is 0.255 e. The van der Waals surface area contributed by atoms with Gasteiger partial charge in [-0.05, 0) is 48.9 Å². The van der Waals surface area contributed by atoms with Crippen molar-refractivity contribution in [3.63, 3.8) is 0 Å². The van der Waals surface area contributed by atoms with E-state index in [1.165, 1.54) is 0 Å². The first-order valence-electron chi connectivity index (χ1n) is 7.02. The van der Waals surface area contributed by atoms with Gasteiger partial charge in [0.05, 0.1) is 7.11 Å². The highest BCUT2D eigenvalue weighted by Gasteiger charge is 2.07. The van der Waals surface area contributed by atoms with Crippen LogP contribution in [0.5, 0.6) is 5.75 Å². The number of carbonyl (C=O) groups is 1. The molecule has 21 heavy (non-hydrogen) atoms. The zero-order valence-electron chi connectivity index (χ0n) is 12.3. The molecule has 0 aliphatic carbocycles. The highest BCUT2D eigenvalue weighted by molar-refractivity contribution is 6.04. The molecule has 2 aromatic rings. The number of hydrogen-bond donors (Lipinski definition) is 2. The first-order valence-corrected chi connectivity index (χ1v) is 7.02. The number of anilines is 2. The number of hydrogen-bond acceptors (Lipinski definition) is 3. The Hall–Kier alpha value is -2.49. The molecule has 0 fully saturated rings. The molecule has 0 aliphatic heterocycles. The Morgan fingerprint density at radius 3 is 2.48 bits per heavy atom. The summed E-state index contributed by atoms with van der Waals surface area (Å²) >= 11 is 0. The summed E-state index contributed by atoms with van der Waals surface area (Å²) in [6.45, 7) is 3.06. The lowest BCUT2D eigenvalue weighted by Gasteiger charge is -2.08. The maximum absolute atomic E-state index is 12.2. The summed E-state index contributed by atoms with van der Waals surface area (Å²) in [7, 11) is 1.58. The summed E-state index contributed by atoms with van der Waals surface area (Å²) in [5.74, 6) is 0.518. The molecule has 0 aliphatic rings. The van der Waals surface area contributed by atoms with Crippen molar-refractivity contribution >= 4 is 17.3 Å². The van der Waals surface area contributed by atoms with Crippen LogP contribution in [0.1, 0.15) is 23.7 Å². The van der Waals surface area contributed by atoms with Gasteiger partial charge in [0.25, 0.3) is 5.91 Å². The summed E-state index contributed by atoms with van der Waals surface area (Å²) in [6.07, 6.45) is 1.08. The second-order valence-electron chi connectivity index (χ2n) is 4.69. The summed E-state index contributed by atoms with van der Waals surface area (Å²) in [6, 6.07) is 14.8. The number of ether oxygens (including phenoxy) is 1. The molecule has 0 unspecified atom stereocenters.